The number of nitrogens with one attached hydrogen (secondary N) is 2. The van der Waals surface area contributed by atoms with Crippen molar-refractivity contribution in [1.82, 2.24) is 10.6 Å². The Hall–Kier alpha value is -0.710. The Morgan fingerprint density at radius 1 is 1.39 bits per heavy atom. The monoisotopic (exact) mass is 271 g/mol. The maximum atomic E-state index is 11.9. The van der Waals surface area contributed by atoms with Gasteiger partial charge in [-0.1, -0.05) is 25.6 Å². The number of rotatable bonds is 3. The van der Waals surface area contributed by atoms with E-state index in [1.165, 1.54) is 0 Å². The number of nitrogens with zero attached hydrogens (tertiary/aromatic N) is 1. The van der Waals surface area contributed by atoms with Crippen LogP contribution in [0, 0.1) is 5.92 Å². The van der Waals surface area contributed by atoms with Crippen molar-refractivity contribution in [3.63, 3.8) is 0 Å². The van der Waals surface area contributed by atoms with Gasteiger partial charge in [0.15, 0.2) is 5.17 Å². The van der Waals surface area contributed by atoms with E-state index in [1.54, 1.807) is 11.8 Å². The minimum absolute atomic E-state index is 0.0128. The van der Waals surface area contributed by atoms with Crippen molar-refractivity contribution in [1.29, 1.82) is 0 Å². The lowest BCUT2D eigenvalue weighted by Gasteiger charge is -2.23. The van der Waals surface area contributed by atoms with Crippen LogP contribution in [0.25, 0.3) is 0 Å². The van der Waals surface area contributed by atoms with Crippen LogP contribution in [-0.4, -0.2) is 34.5 Å². The fourth-order valence-electron chi connectivity index (χ4n) is 1.54. The van der Waals surface area contributed by atoms with Gasteiger partial charge in [-0.05, 0) is 33.6 Å². The molecule has 18 heavy (non-hydrogen) atoms. The largest absolute Gasteiger partial charge is 0.353 e. The Morgan fingerprint density at radius 2 is 2.00 bits per heavy atom. The predicted octanol–water partition coefficient (Wildman–Crippen LogP) is 2.01. The summed E-state index contributed by atoms with van der Waals surface area (Å²) in [6, 6.07) is 0.122. The van der Waals surface area contributed by atoms with Crippen molar-refractivity contribution in [3.05, 3.63) is 0 Å². The second kappa shape index (κ2) is 5.95. The molecular weight excluding hydrogens is 246 g/mol. The first kappa shape index (κ1) is 15.3. The minimum atomic E-state index is -0.249. The summed E-state index contributed by atoms with van der Waals surface area (Å²) in [5.41, 5.74) is -0.196. The van der Waals surface area contributed by atoms with Crippen molar-refractivity contribution in [2.24, 2.45) is 10.9 Å². The van der Waals surface area contributed by atoms with Gasteiger partial charge in [-0.3, -0.25) is 9.79 Å². The van der Waals surface area contributed by atoms with Crippen LogP contribution in [0.2, 0.25) is 0 Å². The zero-order valence-electron chi connectivity index (χ0n) is 12.2. The van der Waals surface area contributed by atoms with E-state index in [-0.39, 0.29) is 17.5 Å². The SMILES string of the molecule is CC(NC1=N[C@@H](C(C)C)CS1)C(=O)NC(C)(C)C. The number of thioether (sulfide) groups is 1. The zero-order valence-corrected chi connectivity index (χ0v) is 13.0. The highest BCUT2D eigenvalue weighted by molar-refractivity contribution is 8.14. The number of amidine groups is 1. The molecule has 4 nitrogen and oxygen atoms in total. The molecule has 5 heteroatoms. The van der Waals surface area contributed by atoms with Crippen molar-refractivity contribution >= 4 is 22.8 Å². The zero-order chi connectivity index (χ0) is 13.9. The predicted molar refractivity (Wildman–Crippen MR) is 79.0 cm³/mol. The van der Waals surface area contributed by atoms with Crippen LogP contribution in [-0.2, 0) is 4.79 Å². The van der Waals surface area contributed by atoms with Crippen molar-refractivity contribution < 1.29 is 4.79 Å². The van der Waals surface area contributed by atoms with E-state index in [1.807, 2.05) is 27.7 Å². The lowest BCUT2D eigenvalue weighted by atomic mass is 10.1. The summed E-state index contributed by atoms with van der Waals surface area (Å²) in [6.45, 7) is 12.2. The Morgan fingerprint density at radius 3 is 2.44 bits per heavy atom. The molecule has 0 aromatic rings. The summed E-state index contributed by atoms with van der Waals surface area (Å²) >= 11 is 1.70. The molecule has 0 fully saturated rings. The van der Waals surface area contributed by atoms with E-state index < -0.39 is 0 Å². The quantitative estimate of drug-likeness (QED) is 0.825. The molecule has 1 unspecified atom stereocenters. The number of carbonyl (C=O) groups is 1. The first-order valence-corrected chi connectivity index (χ1v) is 7.47. The van der Waals surface area contributed by atoms with Crippen LogP contribution in [0.1, 0.15) is 41.5 Å². The van der Waals surface area contributed by atoms with E-state index in [0.717, 1.165) is 10.9 Å². The second-order valence-corrected chi connectivity index (χ2v) is 7.17. The highest BCUT2D eigenvalue weighted by Crippen LogP contribution is 2.22. The molecular formula is C13H25N3OS. The highest BCUT2D eigenvalue weighted by Gasteiger charge is 2.25. The van der Waals surface area contributed by atoms with Gasteiger partial charge in [0.2, 0.25) is 5.91 Å². The van der Waals surface area contributed by atoms with Gasteiger partial charge >= 0.3 is 0 Å². The molecule has 0 saturated carbocycles. The Balaban J connectivity index is 2.48. The van der Waals surface area contributed by atoms with Crippen LogP contribution in [0.4, 0.5) is 0 Å². The van der Waals surface area contributed by atoms with E-state index in [4.69, 9.17) is 0 Å². The number of carbonyl (C=O) groups excluding carboxylic acids is 1. The number of hydrogen-bond acceptors (Lipinski definition) is 4. The van der Waals surface area contributed by atoms with Gasteiger partial charge in [0.25, 0.3) is 0 Å². The molecule has 1 rings (SSSR count). The fraction of sp³-hybridized carbons (Fsp3) is 0.846. The second-order valence-electron chi connectivity index (χ2n) is 6.16. The summed E-state index contributed by atoms with van der Waals surface area (Å²) in [5.74, 6) is 1.57. The molecule has 0 spiro atoms. The van der Waals surface area contributed by atoms with E-state index in [9.17, 15) is 4.79 Å². The topological polar surface area (TPSA) is 53.5 Å². The van der Waals surface area contributed by atoms with Gasteiger partial charge < -0.3 is 10.6 Å². The summed E-state index contributed by atoms with van der Waals surface area (Å²) in [5, 5.41) is 7.04. The number of hydrogen-bond donors (Lipinski definition) is 2. The van der Waals surface area contributed by atoms with E-state index >= 15 is 0 Å². The van der Waals surface area contributed by atoms with Gasteiger partial charge in [-0.2, -0.15) is 0 Å². The third-order valence-corrected chi connectivity index (χ3v) is 3.68. The van der Waals surface area contributed by atoms with Gasteiger partial charge in [-0.15, -0.1) is 0 Å². The average molecular weight is 271 g/mol. The van der Waals surface area contributed by atoms with Gasteiger partial charge in [0.1, 0.15) is 6.04 Å². The molecule has 1 amide bonds. The molecule has 104 valence electrons. The van der Waals surface area contributed by atoms with Gasteiger partial charge in [0, 0.05) is 11.3 Å². The minimum Gasteiger partial charge on any atom is -0.353 e. The van der Waals surface area contributed by atoms with Crippen LogP contribution in [0.15, 0.2) is 4.99 Å². The molecule has 2 N–H and O–H groups in total. The van der Waals surface area contributed by atoms with E-state index in [2.05, 4.69) is 29.5 Å². The van der Waals surface area contributed by atoms with Crippen LogP contribution < -0.4 is 10.6 Å². The van der Waals surface area contributed by atoms with Crippen LogP contribution in [0.3, 0.4) is 0 Å². The third-order valence-electron chi connectivity index (χ3n) is 2.67. The summed E-state index contributed by atoms with van der Waals surface area (Å²) in [7, 11) is 0. The maximum Gasteiger partial charge on any atom is 0.242 e. The molecule has 0 radical (unpaired) electrons. The third kappa shape index (κ3) is 4.88. The van der Waals surface area contributed by atoms with Crippen molar-refractivity contribution in [2.45, 2.75) is 59.2 Å². The molecule has 1 aliphatic rings. The first-order valence-electron chi connectivity index (χ1n) is 6.48. The molecule has 1 aliphatic heterocycles. The molecule has 0 aromatic heterocycles. The lowest BCUT2D eigenvalue weighted by Crippen LogP contribution is -2.50. The Labute approximate surface area is 114 Å². The van der Waals surface area contributed by atoms with Crippen LogP contribution in [0.5, 0.6) is 0 Å². The standard InChI is InChI=1S/C13H25N3OS/c1-8(2)10-7-18-12(15-10)14-9(3)11(17)16-13(4,5)6/h8-10H,7H2,1-6H3,(H,14,15)(H,16,17)/t9?,10-/m1/s1. The lowest BCUT2D eigenvalue weighted by molar-refractivity contribution is -0.123. The van der Waals surface area contributed by atoms with Crippen LogP contribution >= 0.6 is 11.8 Å². The molecule has 0 saturated heterocycles. The summed E-state index contributed by atoms with van der Waals surface area (Å²) in [6.07, 6.45) is 0. The molecule has 0 aliphatic carbocycles. The fourth-order valence-corrected chi connectivity index (χ4v) is 2.80. The van der Waals surface area contributed by atoms with Gasteiger partial charge in [-0.25, -0.2) is 0 Å². The summed E-state index contributed by atoms with van der Waals surface area (Å²) in [4.78, 5) is 16.5. The smallest absolute Gasteiger partial charge is 0.242 e. The molecule has 0 aromatic carbocycles. The average Bonchev–Trinajstić information content (AvgIpc) is 2.63. The number of amides is 1. The normalized spacial score (nSPS) is 21.7. The van der Waals surface area contributed by atoms with E-state index in [0.29, 0.717) is 12.0 Å². The highest BCUT2D eigenvalue weighted by atomic mass is 32.2. The molecule has 0 bridgehead atoms. The Kier molecular flexibility index (Phi) is 5.08. The van der Waals surface area contributed by atoms with Gasteiger partial charge in [0.05, 0.1) is 6.04 Å². The summed E-state index contributed by atoms with van der Waals surface area (Å²) < 4.78 is 0. The first-order chi connectivity index (χ1) is 8.19. The Bertz CT molecular complexity index is 334. The maximum absolute atomic E-state index is 11.9. The number of aliphatic imine (C=N–C) groups is 1. The molecule has 2 atom stereocenters. The van der Waals surface area contributed by atoms with Crippen molar-refractivity contribution in [3.8, 4) is 0 Å². The molecule has 1 heterocycles. The van der Waals surface area contributed by atoms with Crippen molar-refractivity contribution in [2.75, 3.05) is 5.75 Å².